The van der Waals surface area contributed by atoms with E-state index in [0.29, 0.717) is 33.5 Å². The molecule has 0 spiro atoms. The van der Waals surface area contributed by atoms with E-state index in [2.05, 4.69) is 167 Å². The Labute approximate surface area is 363 Å². The topological polar surface area (TPSA) is 81.2 Å². The largest absolute Gasteiger partial charge is 0.309 e. The third-order valence-corrected chi connectivity index (χ3v) is 13.1. The van der Waals surface area contributed by atoms with Crippen molar-refractivity contribution in [2.75, 3.05) is 0 Å². The predicted molar refractivity (Wildman–Crippen MR) is 252 cm³/mol. The first-order valence-corrected chi connectivity index (χ1v) is 20.9. The van der Waals surface area contributed by atoms with E-state index in [4.69, 9.17) is 0 Å². The summed E-state index contributed by atoms with van der Waals surface area (Å²) in [5.74, 6) is 0. The van der Waals surface area contributed by atoms with Crippen LogP contribution in [0.15, 0.2) is 200 Å². The SMILES string of the molecule is N#Cc1cc(-c2ccc(C#N)c(-n3c4ccccc4c4ccc5c(c43)-c3ccccc3C5(c3ccccc3)c3ccccc3)c2C#N)cc(-n2c3ccccc3c3ccccc32)c1. The van der Waals surface area contributed by atoms with Gasteiger partial charge in [0.2, 0.25) is 0 Å². The summed E-state index contributed by atoms with van der Waals surface area (Å²) in [4.78, 5) is 0. The first-order valence-electron chi connectivity index (χ1n) is 20.9. The monoisotopic (exact) mass is 799 g/mol. The van der Waals surface area contributed by atoms with E-state index in [1.54, 1.807) is 0 Å². The molecule has 0 atom stereocenters. The molecule has 0 radical (unpaired) electrons. The number of hydrogen-bond acceptors (Lipinski definition) is 3. The quantitative estimate of drug-likeness (QED) is 0.174. The van der Waals surface area contributed by atoms with Crippen molar-refractivity contribution >= 4 is 43.6 Å². The molecule has 0 unspecified atom stereocenters. The molecule has 0 amide bonds. The molecule has 9 aromatic carbocycles. The Morgan fingerprint density at radius 2 is 0.984 bits per heavy atom. The Morgan fingerprint density at radius 3 is 1.60 bits per heavy atom. The summed E-state index contributed by atoms with van der Waals surface area (Å²) in [6.45, 7) is 0. The number of hydrogen-bond donors (Lipinski definition) is 0. The standard InChI is InChI=1S/C58H33N5/c59-34-37-31-39(33-42(32-37)62-52-24-12-8-19-44(52)45-20-9-13-25-53(45)62)43-28-27-38(35-60)56(49(43)36-61)63-54-26-14-10-21-46(54)47-29-30-51-55(57(47)63)48-22-7-11-23-50(48)58(51,40-15-3-1-4-16-40)41-17-5-2-6-18-41/h1-33H. The maximum Gasteiger partial charge on any atom is 0.102 e. The van der Waals surface area contributed by atoms with Crippen LogP contribution in [0.1, 0.15) is 38.9 Å². The molecular formula is C58H33N5. The van der Waals surface area contributed by atoms with Crippen LogP contribution in [0.25, 0.3) is 77.2 Å². The van der Waals surface area contributed by atoms with Gasteiger partial charge < -0.3 is 9.13 Å². The third-order valence-electron chi connectivity index (χ3n) is 13.1. The molecule has 2 heterocycles. The molecular weight excluding hydrogens is 767 g/mol. The summed E-state index contributed by atoms with van der Waals surface area (Å²) in [5, 5.41) is 37.3. The van der Waals surface area contributed by atoms with Gasteiger partial charge in [-0.3, -0.25) is 0 Å². The van der Waals surface area contributed by atoms with Gasteiger partial charge in [0.05, 0.1) is 55.9 Å². The lowest BCUT2D eigenvalue weighted by molar-refractivity contribution is 0.769. The van der Waals surface area contributed by atoms with Crippen molar-refractivity contribution in [2.24, 2.45) is 0 Å². The lowest BCUT2D eigenvalue weighted by Gasteiger charge is -2.33. The molecule has 0 bridgehead atoms. The van der Waals surface area contributed by atoms with E-state index >= 15 is 0 Å². The van der Waals surface area contributed by atoms with Crippen molar-refractivity contribution in [3.63, 3.8) is 0 Å². The normalized spacial score (nSPS) is 12.5. The molecule has 0 aliphatic heterocycles. The number of benzene rings is 9. The van der Waals surface area contributed by atoms with Crippen molar-refractivity contribution in [3.05, 3.63) is 239 Å². The average molecular weight is 800 g/mol. The van der Waals surface area contributed by atoms with Gasteiger partial charge in [0.25, 0.3) is 0 Å². The number of fused-ring (bicyclic) bond motifs is 10. The Bertz CT molecular complexity index is 3740. The minimum absolute atomic E-state index is 0.348. The molecule has 12 rings (SSSR count). The number of para-hydroxylation sites is 3. The summed E-state index contributed by atoms with van der Waals surface area (Å²) in [5.41, 5.74) is 13.8. The van der Waals surface area contributed by atoms with E-state index in [9.17, 15) is 15.8 Å². The maximum atomic E-state index is 11.5. The fraction of sp³-hybridized carbons (Fsp3) is 0.0172. The van der Waals surface area contributed by atoms with Gasteiger partial charge in [-0.25, -0.2) is 0 Å². The zero-order valence-corrected chi connectivity index (χ0v) is 33.8. The molecule has 5 nitrogen and oxygen atoms in total. The zero-order chi connectivity index (χ0) is 42.2. The molecule has 0 saturated heterocycles. The number of nitrogens with zero attached hydrogens (tertiary/aromatic N) is 5. The molecule has 0 saturated carbocycles. The minimum Gasteiger partial charge on any atom is -0.309 e. The minimum atomic E-state index is -0.650. The second-order valence-corrected chi connectivity index (χ2v) is 16.1. The highest BCUT2D eigenvalue weighted by molar-refractivity contribution is 6.16. The fourth-order valence-electron chi connectivity index (χ4n) is 10.6. The van der Waals surface area contributed by atoms with Crippen molar-refractivity contribution in [1.82, 2.24) is 9.13 Å². The van der Waals surface area contributed by atoms with Gasteiger partial charge in [0.15, 0.2) is 0 Å². The molecule has 0 N–H and O–H groups in total. The highest BCUT2D eigenvalue weighted by atomic mass is 15.0. The van der Waals surface area contributed by atoms with Gasteiger partial charge in [0.1, 0.15) is 12.1 Å². The smallest absolute Gasteiger partial charge is 0.102 e. The Balaban J connectivity index is 1.19. The molecule has 1 aliphatic carbocycles. The van der Waals surface area contributed by atoms with Crippen LogP contribution < -0.4 is 0 Å². The van der Waals surface area contributed by atoms with Crippen molar-refractivity contribution in [2.45, 2.75) is 5.41 Å². The highest BCUT2D eigenvalue weighted by Crippen LogP contribution is 2.59. The highest BCUT2D eigenvalue weighted by Gasteiger charge is 2.47. The molecule has 290 valence electrons. The molecule has 5 heteroatoms. The van der Waals surface area contributed by atoms with Crippen LogP contribution in [0.3, 0.4) is 0 Å². The first kappa shape index (κ1) is 35.9. The van der Waals surface area contributed by atoms with Gasteiger partial charge in [-0.1, -0.05) is 158 Å². The fourth-order valence-corrected chi connectivity index (χ4v) is 10.6. The van der Waals surface area contributed by atoms with Gasteiger partial charge >= 0.3 is 0 Å². The van der Waals surface area contributed by atoms with Crippen LogP contribution >= 0.6 is 0 Å². The Kier molecular flexibility index (Phi) is 7.87. The molecule has 63 heavy (non-hydrogen) atoms. The Morgan fingerprint density at radius 1 is 0.413 bits per heavy atom. The third kappa shape index (κ3) is 4.95. The van der Waals surface area contributed by atoms with Crippen molar-refractivity contribution < 1.29 is 0 Å². The Hall–Kier alpha value is -8.95. The van der Waals surface area contributed by atoms with E-state index in [1.165, 1.54) is 5.56 Å². The molecule has 11 aromatic rings. The molecule has 0 fully saturated rings. The predicted octanol–water partition coefficient (Wildman–Crippen LogP) is 13.5. The zero-order valence-electron chi connectivity index (χ0n) is 33.8. The van der Waals surface area contributed by atoms with Gasteiger partial charge in [-0.05, 0) is 75.8 Å². The lowest BCUT2D eigenvalue weighted by Crippen LogP contribution is -2.28. The lowest BCUT2D eigenvalue weighted by atomic mass is 9.67. The number of aromatic nitrogens is 2. The summed E-state index contributed by atoms with van der Waals surface area (Å²) in [6, 6.07) is 76.4. The average Bonchev–Trinajstić information content (AvgIpc) is 3.98. The van der Waals surface area contributed by atoms with Crippen molar-refractivity contribution in [1.29, 1.82) is 15.8 Å². The van der Waals surface area contributed by atoms with Gasteiger partial charge in [-0.15, -0.1) is 0 Å². The molecule has 2 aromatic heterocycles. The summed E-state index contributed by atoms with van der Waals surface area (Å²) < 4.78 is 4.35. The number of rotatable bonds is 5. The van der Waals surface area contributed by atoms with Crippen LogP contribution in [0.4, 0.5) is 0 Å². The van der Waals surface area contributed by atoms with Crippen LogP contribution in [0.5, 0.6) is 0 Å². The van der Waals surface area contributed by atoms with E-state index in [-0.39, 0.29) is 0 Å². The van der Waals surface area contributed by atoms with Crippen LogP contribution in [0.2, 0.25) is 0 Å². The van der Waals surface area contributed by atoms with E-state index in [1.807, 2.05) is 60.7 Å². The van der Waals surface area contributed by atoms with Crippen LogP contribution in [-0.4, -0.2) is 9.13 Å². The summed E-state index contributed by atoms with van der Waals surface area (Å²) in [7, 11) is 0. The molecule has 1 aliphatic rings. The van der Waals surface area contributed by atoms with Crippen LogP contribution in [0, 0.1) is 34.0 Å². The van der Waals surface area contributed by atoms with E-state index in [0.717, 1.165) is 77.1 Å². The second-order valence-electron chi connectivity index (χ2n) is 16.1. The van der Waals surface area contributed by atoms with Gasteiger partial charge in [-0.2, -0.15) is 15.8 Å². The van der Waals surface area contributed by atoms with Gasteiger partial charge in [0, 0.05) is 38.4 Å². The van der Waals surface area contributed by atoms with Crippen molar-refractivity contribution in [3.8, 4) is 51.8 Å². The first-order chi connectivity index (χ1) is 31.1. The second kappa shape index (κ2) is 13.8. The number of nitriles is 3. The van der Waals surface area contributed by atoms with Crippen LogP contribution in [-0.2, 0) is 5.41 Å². The maximum absolute atomic E-state index is 11.5. The summed E-state index contributed by atoms with van der Waals surface area (Å²) >= 11 is 0. The summed E-state index contributed by atoms with van der Waals surface area (Å²) in [6.07, 6.45) is 0. The van der Waals surface area contributed by atoms with E-state index < -0.39 is 5.41 Å².